The number of rotatable bonds is 1. The van der Waals surface area contributed by atoms with Crippen LogP contribution in [0, 0.1) is 0 Å². The number of allylic oxidation sites excluding steroid dienone is 1. The van der Waals surface area contributed by atoms with Gasteiger partial charge in [0.15, 0.2) is 5.54 Å². The van der Waals surface area contributed by atoms with Gasteiger partial charge in [0, 0.05) is 0 Å². The molecule has 0 saturated heterocycles. The minimum atomic E-state index is -1.12. The Balaban J connectivity index is 2.95. The van der Waals surface area contributed by atoms with Gasteiger partial charge in [0.25, 0.3) is 0 Å². The first-order valence-electron chi connectivity index (χ1n) is 2.90. The first-order valence-corrected chi connectivity index (χ1v) is 2.90. The summed E-state index contributed by atoms with van der Waals surface area (Å²) >= 11 is 0. The number of azo groups is 1. The van der Waals surface area contributed by atoms with E-state index in [1.54, 1.807) is 6.92 Å². The minimum Gasteiger partial charge on any atom is -0.479 e. The maximum absolute atomic E-state index is 10.5. The lowest BCUT2D eigenvalue weighted by molar-refractivity contribution is -0.140. The maximum atomic E-state index is 10.5. The van der Waals surface area contributed by atoms with Gasteiger partial charge in [-0.2, -0.15) is 10.2 Å². The van der Waals surface area contributed by atoms with Crippen LogP contribution in [0.4, 0.5) is 0 Å². The molecule has 1 atom stereocenters. The van der Waals surface area contributed by atoms with Crippen LogP contribution in [0.15, 0.2) is 22.0 Å². The third-order valence-electron chi connectivity index (χ3n) is 1.34. The molecule has 4 heteroatoms. The highest BCUT2D eigenvalue weighted by Crippen LogP contribution is 2.22. The normalized spacial score (nSPS) is 30.4. The molecule has 0 amide bonds. The summed E-state index contributed by atoms with van der Waals surface area (Å²) in [6, 6.07) is 0. The predicted octanol–water partition coefficient (Wildman–Crippen LogP) is 1.20. The summed E-state index contributed by atoms with van der Waals surface area (Å²) in [6.07, 6.45) is 1.52. The Morgan fingerprint density at radius 2 is 2.40 bits per heavy atom. The maximum Gasteiger partial charge on any atom is 0.337 e. The molecule has 0 fully saturated rings. The lowest BCUT2D eigenvalue weighted by Crippen LogP contribution is -2.28. The topological polar surface area (TPSA) is 62.0 Å². The standard InChI is InChI=1S/C6H8N2O2/c1-4-3-6(2,5(9)10)8-7-4/h3H,1-2H3,(H,9,10). The van der Waals surface area contributed by atoms with Crippen LogP contribution in [0.3, 0.4) is 0 Å². The summed E-state index contributed by atoms with van der Waals surface area (Å²) in [5.74, 6) is -0.965. The molecule has 1 rings (SSSR count). The van der Waals surface area contributed by atoms with Crippen LogP contribution in [0.1, 0.15) is 13.8 Å². The van der Waals surface area contributed by atoms with Crippen molar-refractivity contribution in [3.63, 3.8) is 0 Å². The third kappa shape index (κ3) is 0.920. The van der Waals surface area contributed by atoms with Crippen molar-refractivity contribution in [1.29, 1.82) is 0 Å². The molecule has 10 heavy (non-hydrogen) atoms. The predicted molar refractivity (Wildman–Crippen MR) is 34.7 cm³/mol. The molecular weight excluding hydrogens is 132 g/mol. The number of nitrogens with zero attached hydrogens (tertiary/aromatic N) is 2. The molecule has 0 aromatic rings. The van der Waals surface area contributed by atoms with Crippen molar-refractivity contribution in [2.75, 3.05) is 0 Å². The zero-order chi connectivity index (χ0) is 7.78. The van der Waals surface area contributed by atoms with E-state index >= 15 is 0 Å². The fraction of sp³-hybridized carbons (Fsp3) is 0.500. The Bertz CT molecular complexity index is 232. The molecule has 0 spiro atoms. The van der Waals surface area contributed by atoms with E-state index < -0.39 is 11.5 Å². The molecule has 0 aliphatic carbocycles. The van der Waals surface area contributed by atoms with Crippen LogP contribution in [0.2, 0.25) is 0 Å². The fourth-order valence-corrected chi connectivity index (χ4v) is 0.752. The average Bonchev–Trinajstić information content (AvgIpc) is 2.13. The van der Waals surface area contributed by atoms with Crippen LogP contribution < -0.4 is 0 Å². The van der Waals surface area contributed by atoms with Gasteiger partial charge in [-0.1, -0.05) is 0 Å². The van der Waals surface area contributed by atoms with Gasteiger partial charge < -0.3 is 5.11 Å². The van der Waals surface area contributed by atoms with Crippen molar-refractivity contribution in [2.24, 2.45) is 10.2 Å². The molecule has 0 aromatic carbocycles. The zero-order valence-electron chi connectivity index (χ0n) is 5.83. The van der Waals surface area contributed by atoms with Gasteiger partial charge in [-0.05, 0) is 19.9 Å². The lowest BCUT2D eigenvalue weighted by atomic mass is 10.0. The quantitative estimate of drug-likeness (QED) is 0.594. The largest absolute Gasteiger partial charge is 0.479 e. The highest BCUT2D eigenvalue weighted by Gasteiger charge is 2.33. The van der Waals surface area contributed by atoms with Crippen molar-refractivity contribution >= 4 is 5.97 Å². The smallest absolute Gasteiger partial charge is 0.337 e. The number of aliphatic carboxylic acids is 1. The van der Waals surface area contributed by atoms with E-state index in [2.05, 4.69) is 10.2 Å². The number of hydrogen-bond donors (Lipinski definition) is 1. The summed E-state index contributed by atoms with van der Waals surface area (Å²) in [6.45, 7) is 3.23. The first-order chi connectivity index (χ1) is 4.54. The second kappa shape index (κ2) is 1.90. The van der Waals surface area contributed by atoms with E-state index in [0.717, 1.165) is 0 Å². The van der Waals surface area contributed by atoms with Crippen molar-refractivity contribution in [1.82, 2.24) is 0 Å². The highest BCUT2D eigenvalue weighted by atomic mass is 16.4. The second-order valence-corrected chi connectivity index (χ2v) is 2.44. The Hall–Kier alpha value is -1.19. The molecular formula is C6H8N2O2. The van der Waals surface area contributed by atoms with Crippen molar-refractivity contribution in [3.8, 4) is 0 Å². The molecule has 1 aliphatic rings. The van der Waals surface area contributed by atoms with E-state index in [9.17, 15) is 4.79 Å². The minimum absolute atomic E-state index is 0.657. The van der Waals surface area contributed by atoms with Crippen LogP contribution >= 0.6 is 0 Å². The lowest BCUT2D eigenvalue weighted by Gasteiger charge is -2.07. The molecule has 54 valence electrons. The van der Waals surface area contributed by atoms with Crippen molar-refractivity contribution in [3.05, 3.63) is 11.8 Å². The number of hydrogen-bond acceptors (Lipinski definition) is 3. The van der Waals surface area contributed by atoms with Gasteiger partial charge in [-0.15, -0.1) is 0 Å². The number of carboxylic acids is 1. The van der Waals surface area contributed by atoms with E-state index in [0.29, 0.717) is 5.70 Å². The SMILES string of the molecule is CC1=CC(C)(C(=O)O)N=N1. The molecule has 1 N–H and O–H groups in total. The van der Waals surface area contributed by atoms with Gasteiger partial charge in [-0.25, -0.2) is 4.79 Å². The molecule has 0 aromatic heterocycles. The van der Waals surface area contributed by atoms with E-state index in [1.807, 2.05) is 0 Å². The second-order valence-electron chi connectivity index (χ2n) is 2.44. The molecule has 1 heterocycles. The fourth-order valence-electron chi connectivity index (χ4n) is 0.752. The van der Waals surface area contributed by atoms with Gasteiger partial charge in [-0.3, -0.25) is 0 Å². The Kier molecular flexibility index (Phi) is 1.31. The van der Waals surface area contributed by atoms with Crippen molar-refractivity contribution in [2.45, 2.75) is 19.4 Å². The Morgan fingerprint density at radius 1 is 1.80 bits per heavy atom. The summed E-state index contributed by atoms with van der Waals surface area (Å²) in [7, 11) is 0. The molecule has 0 radical (unpaired) electrons. The van der Waals surface area contributed by atoms with Crippen LogP contribution in [0.25, 0.3) is 0 Å². The van der Waals surface area contributed by atoms with Crippen molar-refractivity contribution < 1.29 is 9.90 Å². The third-order valence-corrected chi connectivity index (χ3v) is 1.34. The summed E-state index contributed by atoms with van der Waals surface area (Å²) < 4.78 is 0. The van der Waals surface area contributed by atoms with E-state index in [-0.39, 0.29) is 0 Å². The Morgan fingerprint density at radius 3 is 2.60 bits per heavy atom. The van der Waals surface area contributed by atoms with E-state index in [4.69, 9.17) is 5.11 Å². The van der Waals surface area contributed by atoms with Gasteiger partial charge >= 0.3 is 5.97 Å². The van der Waals surface area contributed by atoms with E-state index in [1.165, 1.54) is 13.0 Å². The summed E-state index contributed by atoms with van der Waals surface area (Å²) in [4.78, 5) is 10.5. The summed E-state index contributed by atoms with van der Waals surface area (Å²) in [5.41, 5.74) is -0.464. The molecule has 0 saturated carbocycles. The van der Waals surface area contributed by atoms with Crippen LogP contribution in [0.5, 0.6) is 0 Å². The van der Waals surface area contributed by atoms with Gasteiger partial charge in [0.1, 0.15) is 0 Å². The first kappa shape index (κ1) is 6.92. The van der Waals surface area contributed by atoms with Crippen LogP contribution in [-0.2, 0) is 4.79 Å². The zero-order valence-corrected chi connectivity index (χ0v) is 5.83. The highest BCUT2D eigenvalue weighted by molar-refractivity contribution is 5.81. The molecule has 1 unspecified atom stereocenters. The monoisotopic (exact) mass is 140 g/mol. The van der Waals surface area contributed by atoms with Gasteiger partial charge in [0.2, 0.25) is 0 Å². The molecule has 4 nitrogen and oxygen atoms in total. The average molecular weight is 140 g/mol. The summed E-state index contributed by atoms with van der Waals surface area (Å²) in [5, 5.41) is 15.8. The number of carboxylic acid groups (broad SMARTS) is 1. The molecule has 0 bridgehead atoms. The van der Waals surface area contributed by atoms with Crippen LogP contribution in [-0.4, -0.2) is 16.6 Å². The van der Waals surface area contributed by atoms with Gasteiger partial charge in [0.05, 0.1) is 5.70 Å². The molecule has 1 aliphatic heterocycles. The Labute approximate surface area is 58.3 Å². The number of carbonyl (C=O) groups is 1.